The van der Waals surface area contributed by atoms with Crippen molar-refractivity contribution in [3.63, 3.8) is 0 Å². The summed E-state index contributed by atoms with van der Waals surface area (Å²) in [6.07, 6.45) is 4.27. The molecule has 1 N–H and O–H groups in total. The molecule has 1 amide bonds. The van der Waals surface area contributed by atoms with Gasteiger partial charge in [0.25, 0.3) is 5.91 Å². The average molecular weight is 317 g/mol. The van der Waals surface area contributed by atoms with E-state index >= 15 is 0 Å². The number of esters is 1. The van der Waals surface area contributed by atoms with E-state index in [1.807, 2.05) is 0 Å². The lowest BCUT2D eigenvalue weighted by Crippen LogP contribution is -2.45. The van der Waals surface area contributed by atoms with Crippen LogP contribution in [0.3, 0.4) is 0 Å². The van der Waals surface area contributed by atoms with E-state index in [9.17, 15) is 14.4 Å². The lowest BCUT2D eigenvalue weighted by molar-refractivity contribution is -0.130. The Hall–Kier alpha value is -2.17. The Morgan fingerprint density at radius 1 is 1.22 bits per heavy atom. The summed E-state index contributed by atoms with van der Waals surface area (Å²) in [6.45, 7) is 3.70. The first-order valence-corrected chi connectivity index (χ1v) is 8.08. The van der Waals surface area contributed by atoms with Crippen LogP contribution in [0, 0.1) is 5.92 Å². The largest absolute Gasteiger partial charge is 0.449 e. The number of amides is 1. The van der Waals surface area contributed by atoms with Gasteiger partial charge in [-0.2, -0.15) is 0 Å². The molecule has 0 spiro atoms. The van der Waals surface area contributed by atoms with E-state index in [0.29, 0.717) is 23.3 Å². The highest BCUT2D eigenvalue weighted by Gasteiger charge is 2.26. The van der Waals surface area contributed by atoms with E-state index in [0.717, 1.165) is 19.3 Å². The molecule has 5 heteroatoms. The van der Waals surface area contributed by atoms with Crippen molar-refractivity contribution in [2.45, 2.75) is 51.7 Å². The molecule has 1 aromatic rings. The summed E-state index contributed by atoms with van der Waals surface area (Å²) in [4.78, 5) is 34.8. The van der Waals surface area contributed by atoms with Crippen LogP contribution >= 0.6 is 0 Å². The van der Waals surface area contributed by atoms with E-state index < -0.39 is 12.1 Å². The third kappa shape index (κ3) is 4.65. The smallest absolute Gasteiger partial charge is 0.338 e. The summed E-state index contributed by atoms with van der Waals surface area (Å²) in [5.41, 5.74) is 0.805. The van der Waals surface area contributed by atoms with E-state index in [4.69, 9.17) is 4.74 Å². The van der Waals surface area contributed by atoms with Gasteiger partial charge in [0.05, 0.1) is 5.56 Å². The van der Waals surface area contributed by atoms with E-state index in [-0.39, 0.29) is 11.9 Å². The Balaban J connectivity index is 1.89. The quantitative estimate of drug-likeness (QED) is 0.669. The number of nitrogens with one attached hydrogen (secondary N) is 1. The molecule has 3 atom stereocenters. The van der Waals surface area contributed by atoms with Gasteiger partial charge in [0.2, 0.25) is 0 Å². The molecule has 1 saturated carbocycles. The Morgan fingerprint density at radius 3 is 2.48 bits per heavy atom. The standard InChI is InChI=1S/C18H23NO4/c1-12-5-3-4-6-16(12)19-17(21)13(2)23-18(22)15-9-7-14(11-20)8-10-15/h7-13,16H,3-6H2,1-2H3,(H,19,21)/t12-,13+,16+/m0/s1. The van der Waals surface area contributed by atoms with Crippen molar-refractivity contribution in [2.75, 3.05) is 0 Å². The van der Waals surface area contributed by atoms with Gasteiger partial charge in [-0.3, -0.25) is 9.59 Å². The van der Waals surface area contributed by atoms with E-state index in [2.05, 4.69) is 12.2 Å². The average Bonchev–Trinajstić information content (AvgIpc) is 2.56. The zero-order chi connectivity index (χ0) is 16.8. The van der Waals surface area contributed by atoms with Crippen molar-refractivity contribution in [1.82, 2.24) is 5.32 Å². The molecule has 0 heterocycles. The molecule has 1 aromatic carbocycles. The monoisotopic (exact) mass is 317 g/mol. The fourth-order valence-corrected chi connectivity index (χ4v) is 2.81. The molecule has 0 bridgehead atoms. The third-order valence-corrected chi connectivity index (χ3v) is 4.37. The topological polar surface area (TPSA) is 72.5 Å². The van der Waals surface area contributed by atoms with Crippen LogP contribution < -0.4 is 5.32 Å². The molecule has 2 rings (SSSR count). The summed E-state index contributed by atoms with van der Waals surface area (Å²) < 4.78 is 5.21. The Kier molecular flexibility index (Phi) is 5.90. The van der Waals surface area contributed by atoms with Gasteiger partial charge in [-0.1, -0.05) is 31.9 Å². The Bertz CT molecular complexity index is 567. The van der Waals surface area contributed by atoms with Crippen LogP contribution in [-0.4, -0.2) is 30.3 Å². The maximum absolute atomic E-state index is 12.2. The maximum atomic E-state index is 12.2. The first-order valence-electron chi connectivity index (χ1n) is 8.08. The van der Waals surface area contributed by atoms with Crippen molar-refractivity contribution in [3.8, 4) is 0 Å². The molecule has 0 aliphatic heterocycles. The molecule has 0 aromatic heterocycles. The number of carbonyl (C=O) groups excluding carboxylic acids is 3. The van der Waals surface area contributed by atoms with Gasteiger partial charge in [-0.25, -0.2) is 4.79 Å². The number of benzene rings is 1. The van der Waals surface area contributed by atoms with Crippen molar-refractivity contribution < 1.29 is 19.1 Å². The van der Waals surface area contributed by atoms with Crippen molar-refractivity contribution >= 4 is 18.2 Å². The van der Waals surface area contributed by atoms with Crippen LogP contribution in [0.4, 0.5) is 0 Å². The fraction of sp³-hybridized carbons (Fsp3) is 0.500. The normalized spacial score (nSPS) is 22.0. The highest BCUT2D eigenvalue weighted by molar-refractivity contribution is 5.92. The number of aldehydes is 1. The molecule has 1 aliphatic carbocycles. The Labute approximate surface area is 136 Å². The van der Waals surface area contributed by atoms with E-state index in [1.54, 1.807) is 6.92 Å². The van der Waals surface area contributed by atoms with Crippen LogP contribution in [0.15, 0.2) is 24.3 Å². The first kappa shape index (κ1) is 17.2. The van der Waals surface area contributed by atoms with Gasteiger partial charge in [-0.05, 0) is 37.8 Å². The summed E-state index contributed by atoms with van der Waals surface area (Å²) in [5, 5.41) is 2.98. The maximum Gasteiger partial charge on any atom is 0.338 e. The zero-order valence-electron chi connectivity index (χ0n) is 13.6. The number of rotatable bonds is 5. The molecule has 0 unspecified atom stereocenters. The van der Waals surface area contributed by atoms with Gasteiger partial charge in [0.15, 0.2) is 6.10 Å². The lowest BCUT2D eigenvalue weighted by Gasteiger charge is -2.30. The summed E-state index contributed by atoms with van der Waals surface area (Å²) in [7, 11) is 0. The minimum absolute atomic E-state index is 0.157. The molecular weight excluding hydrogens is 294 g/mol. The van der Waals surface area contributed by atoms with Crippen molar-refractivity contribution in [3.05, 3.63) is 35.4 Å². The van der Waals surface area contributed by atoms with Gasteiger partial charge < -0.3 is 10.1 Å². The lowest BCUT2D eigenvalue weighted by atomic mass is 9.86. The number of hydrogen-bond acceptors (Lipinski definition) is 4. The summed E-state index contributed by atoms with van der Waals surface area (Å²) >= 11 is 0. The van der Waals surface area contributed by atoms with Crippen LogP contribution in [0.5, 0.6) is 0 Å². The number of hydrogen-bond donors (Lipinski definition) is 1. The van der Waals surface area contributed by atoms with E-state index in [1.165, 1.54) is 30.7 Å². The van der Waals surface area contributed by atoms with Crippen molar-refractivity contribution in [1.29, 1.82) is 0 Å². The van der Waals surface area contributed by atoms with Crippen molar-refractivity contribution in [2.24, 2.45) is 5.92 Å². The predicted octanol–water partition coefficient (Wildman–Crippen LogP) is 2.74. The summed E-state index contributed by atoms with van der Waals surface area (Å²) in [5.74, 6) is -0.380. The SMILES string of the molecule is C[C@@H](OC(=O)c1ccc(C=O)cc1)C(=O)N[C@@H]1CCCC[C@@H]1C. The molecular formula is C18H23NO4. The van der Waals surface area contributed by atoms with Gasteiger partial charge >= 0.3 is 5.97 Å². The van der Waals surface area contributed by atoms with Crippen LogP contribution in [0.1, 0.15) is 60.2 Å². The molecule has 0 radical (unpaired) electrons. The zero-order valence-corrected chi connectivity index (χ0v) is 13.6. The molecule has 124 valence electrons. The Morgan fingerprint density at radius 2 is 1.87 bits per heavy atom. The van der Waals surface area contributed by atoms with Crippen LogP contribution in [0.25, 0.3) is 0 Å². The first-order chi connectivity index (χ1) is 11.0. The minimum Gasteiger partial charge on any atom is -0.449 e. The molecule has 23 heavy (non-hydrogen) atoms. The number of ether oxygens (including phenoxy) is 1. The van der Waals surface area contributed by atoms with Crippen LogP contribution in [-0.2, 0) is 9.53 Å². The van der Waals surface area contributed by atoms with Gasteiger partial charge in [0, 0.05) is 11.6 Å². The second kappa shape index (κ2) is 7.90. The molecule has 1 fully saturated rings. The predicted molar refractivity (Wildman–Crippen MR) is 86.3 cm³/mol. The number of carbonyl (C=O) groups is 3. The van der Waals surface area contributed by atoms with Crippen LogP contribution in [0.2, 0.25) is 0 Å². The highest BCUT2D eigenvalue weighted by atomic mass is 16.5. The second-order valence-corrected chi connectivity index (χ2v) is 6.16. The third-order valence-electron chi connectivity index (χ3n) is 4.37. The van der Waals surface area contributed by atoms with Gasteiger partial charge in [0.1, 0.15) is 6.29 Å². The molecule has 1 aliphatic rings. The molecule has 5 nitrogen and oxygen atoms in total. The fourth-order valence-electron chi connectivity index (χ4n) is 2.81. The second-order valence-electron chi connectivity index (χ2n) is 6.16. The molecule has 0 saturated heterocycles. The minimum atomic E-state index is -0.845. The highest BCUT2D eigenvalue weighted by Crippen LogP contribution is 2.23. The summed E-state index contributed by atoms with van der Waals surface area (Å²) in [6, 6.07) is 6.26. The van der Waals surface area contributed by atoms with Gasteiger partial charge in [-0.15, -0.1) is 0 Å².